The molecule has 0 heterocycles. The van der Waals surface area contributed by atoms with Crippen molar-refractivity contribution in [2.45, 2.75) is 19.5 Å². The largest absolute Gasteiger partial charge is 0.417 e. The van der Waals surface area contributed by atoms with Gasteiger partial charge < -0.3 is 0 Å². The second-order valence-corrected chi connectivity index (χ2v) is 3.60. The molecule has 0 unspecified atom stereocenters. The molecule has 0 aliphatic rings. The molecule has 0 aliphatic carbocycles. The molecule has 0 saturated carbocycles. The zero-order valence-corrected chi connectivity index (χ0v) is 9.27. The van der Waals surface area contributed by atoms with Gasteiger partial charge in [0.25, 0.3) is 0 Å². The number of hydrogen-bond donors (Lipinski definition) is 0. The van der Waals surface area contributed by atoms with Crippen molar-refractivity contribution in [2.75, 3.05) is 0 Å². The Balaban J connectivity index is 0.00000289. The molecule has 0 amide bonds. The second kappa shape index (κ2) is 5.02. The number of hydrogen-bond acceptors (Lipinski definition) is 1. The normalized spacial score (nSPS) is 10.8. The third-order valence-electron chi connectivity index (χ3n) is 2.26. The summed E-state index contributed by atoms with van der Waals surface area (Å²) >= 11 is 0. The first-order chi connectivity index (χ1) is 7.86. The van der Waals surface area contributed by atoms with Crippen LogP contribution in [0.2, 0.25) is 0 Å². The summed E-state index contributed by atoms with van der Waals surface area (Å²) < 4.78 is 37.9. The number of Topliss-reactive ketones (excluding diaryl/α,β-unsaturated/α-hetero) is 1. The zero-order valence-electron chi connectivity index (χ0n) is 9.27. The van der Waals surface area contributed by atoms with Crippen LogP contribution in [0.15, 0.2) is 42.1 Å². The number of allylic oxidation sites excluding steroid dienone is 1. The molecule has 0 fully saturated rings. The van der Waals surface area contributed by atoms with Crippen LogP contribution in [0.4, 0.5) is 13.2 Å². The summed E-state index contributed by atoms with van der Waals surface area (Å²) in [5.74, 6) is -0.577. The molecular formula is C13H13F3O. The summed E-state index contributed by atoms with van der Waals surface area (Å²) in [6.45, 7) is 4.94. The predicted octanol–water partition coefficient (Wildman–Crippen LogP) is 4.26. The first-order valence-electron chi connectivity index (χ1n) is 4.91. The van der Waals surface area contributed by atoms with Gasteiger partial charge in [0.05, 0.1) is 5.56 Å². The second-order valence-electron chi connectivity index (χ2n) is 3.60. The predicted molar refractivity (Wildman–Crippen MR) is 60.8 cm³/mol. The maximum Gasteiger partial charge on any atom is 0.417 e. The molecule has 0 spiro atoms. The van der Waals surface area contributed by atoms with Gasteiger partial charge in [-0.05, 0) is 18.6 Å². The molecule has 17 heavy (non-hydrogen) atoms. The lowest BCUT2D eigenvalue weighted by atomic mass is 9.99. The summed E-state index contributed by atoms with van der Waals surface area (Å²) in [6, 6.07) is 4.76. The molecular weight excluding hydrogens is 229 g/mol. The van der Waals surface area contributed by atoms with Crippen LogP contribution in [0.1, 0.15) is 30.7 Å². The van der Waals surface area contributed by atoms with Crippen LogP contribution in [0.3, 0.4) is 0 Å². The fraction of sp³-hybridized carbons (Fsp3) is 0.231. The van der Waals surface area contributed by atoms with E-state index in [4.69, 9.17) is 0 Å². The van der Waals surface area contributed by atoms with Gasteiger partial charge in [0.15, 0.2) is 5.78 Å². The quantitative estimate of drug-likeness (QED) is 0.572. The molecule has 0 bridgehead atoms. The maximum atomic E-state index is 12.6. The van der Waals surface area contributed by atoms with E-state index in [-0.39, 0.29) is 13.4 Å². The van der Waals surface area contributed by atoms with Crippen LogP contribution in [-0.2, 0) is 6.18 Å². The third-order valence-corrected chi connectivity index (χ3v) is 2.26. The monoisotopic (exact) mass is 242 g/mol. The van der Waals surface area contributed by atoms with E-state index in [1.54, 1.807) is 6.92 Å². The zero-order chi connectivity index (χ0) is 13.1. The number of carbonyl (C=O) groups is 1. The van der Waals surface area contributed by atoms with Crippen LogP contribution < -0.4 is 0 Å². The number of ketones is 1. The molecule has 0 N–H and O–H groups in total. The van der Waals surface area contributed by atoms with E-state index in [9.17, 15) is 18.0 Å². The maximum absolute atomic E-state index is 12.6. The van der Waals surface area contributed by atoms with Crippen molar-refractivity contribution in [3.8, 4) is 0 Å². The van der Waals surface area contributed by atoms with Gasteiger partial charge in [0.1, 0.15) is 0 Å². The minimum atomic E-state index is -4.52. The molecule has 1 aromatic rings. The Morgan fingerprint density at radius 3 is 2.53 bits per heavy atom. The van der Waals surface area contributed by atoms with E-state index in [0.29, 0.717) is 5.57 Å². The Bertz CT molecular complexity index is 485. The molecule has 1 nitrogen and oxygen atoms in total. The Labute approximate surface area is 98.7 Å². The van der Waals surface area contributed by atoms with Crippen molar-refractivity contribution in [3.63, 3.8) is 0 Å². The highest BCUT2D eigenvalue weighted by Gasteiger charge is 2.34. The molecule has 0 radical (unpaired) electrons. The van der Waals surface area contributed by atoms with E-state index >= 15 is 0 Å². The number of halogens is 3. The minimum absolute atomic E-state index is 0. The molecule has 4 heteroatoms. The first kappa shape index (κ1) is 13.3. The lowest BCUT2D eigenvalue weighted by molar-refractivity contribution is -0.137. The van der Waals surface area contributed by atoms with Gasteiger partial charge in [-0.1, -0.05) is 24.8 Å². The SMILES string of the molecule is C=C=C(C)CC(=O)c1ccccc1C(F)(F)F.[HH]. The lowest BCUT2D eigenvalue weighted by Crippen LogP contribution is -2.13. The molecule has 0 atom stereocenters. The first-order valence-corrected chi connectivity index (χ1v) is 4.91. The van der Waals surface area contributed by atoms with Crippen LogP contribution in [0, 0.1) is 0 Å². The van der Waals surface area contributed by atoms with Gasteiger partial charge >= 0.3 is 6.18 Å². The smallest absolute Gasteiger partial charge is 0.294 e. The Morgan fingerprint density at radius 2 is 2.00 bits per heavy atom. The van der Waals surface area contributed by atoms with E-state index < -0.39 is 17.5 Å². The lowest BCUT2D eigenvalue weighted by Gasteiger charge is -2.11. The van der Waals surface area contributed by atoms with Crippen molar-refractivity contribution in [1.82, 2.24) is 0 Å². The van der Waals surface area contributed by atoms with E-state index in [1.807, 2.05) is 0 Å². The van der Waals surface area contributed by atoms with Crippen LogP contribution in [0.5, 0.6) is 0 Å². The van der Waals surface area contributed by atoms with Crippen molar-refractivity contribution >= 4 is 5.78 Å². The number of benzene rings is 1. The van der Waals surface area contributed by atoms with E-state index in [1.165, 1.54) is 18.2 Å². The van der Waals surface area contributed by atoms with Gasteiger partial charge in [0.2, 0.25) is 0 Å². The molecule has 1 rings (SSSR count). The Hall–Kier alpha value is -1.80. The number of carbonyl (C=O) groups excluding carboxylic acids is 1. The molecule has 0 saturated heterocycles. The van der Waals surface area contributed by atoms with Gasteiger partial charge in [-0.15, -0.1) is 5.73 Å². The molecule has 92 valence electrons. The summed E-state index contributed by atoms with van der Waals surface area (Å²) in [7, 11) is 0. The minimum Gasteiger partial charge on any atom is -0.294 e. The van der Waals surface area contributed by atoms with Crippen LogP contribution in [0.25, 0.3) is 0 Å². The molecule has 1 aromatic carbocycles. The Morgan fingerprint density at radius 1 is 1.41 bits per heavy atom. The molecule has 0 aliphatic heterocycles. The molecule has 0 aromatic heterocycles. The highest BCUT2D eigenvalue weighted by Crippen LogP contribution is 2.32. The number of alkyl halides is 3. The van der Waals surface area contributed by atoms with Crippen molar-refractivity contribution in [1.29, 1.82) is 0 Å². The van der Waals surface area contributed by atoms with E-state index in [2.05, 4.69) is 12.3 Å². The van der Waals surface area contributed by atoms with Crippen molar-refractivity contribution in [3.05, 3.63) is 53.3 Å². The van der Waals surface area contributed by atoms with E-state index in [0.717, 1.165) is 6.07 Å². The van der Waals surface area contributed by atoms with Gasteiger partial charge in [0, 0.05) is 13.4 Å². The summed E-state index contributed by atoms with van der Waals surface area (Å²) in [6.07, 6.45) is -4.62. The average molecular weight is 242 g/mol. The third kappa shape index (κ3) is 3.33. The van der Waals surface area contributed by atoms with Gasteiger partial charge in [-0.25, -0.2) is 0 Å². The average Bonchev–Trinajstić information content (AvgIpc) is 2.27. The summed E-state index contributed by atoms with van der Waals surface area (Å²) in [5, 5.41) is 0. The van der Waals surface area contributed by atoms with Crippen LogP contribution in [-0.4, -0.2) is 5.78 Å². The fourth-order valence-electron chi connectivity index (χ4n) is 1.37. The van der Waals surface area contributed by atoms with Crippen molar-refractivity contribution < 1.29 is 19.4 Å². The standard InChI is InChI=1S/C13H11F3O.H2/c1-3-9(2)8-12(17)10-6-4-5-7-11(10)13(14,15)16;/h4-7H,1,8H2,2H3;1H. The summed E-state index contributed by atoms with van der Waals surface area (Å²) in [4.78, 5) is 11.7. The number of rotatable bonds is 3. The van der Waals surface area contributed by atoms with Crippen LogP contribution >= 0.6 is 0 Å². The van der Waals surface area contributed by atoms with Gasteiger partial charge in [-0.2, -0.15) is 13.2 Å². The topological polar surface area (TPSA) is 17.1 Å². The highest BCUT2D eigenvalue weighted by molar-refractivity contribution is 5.98. The van der Waals surface area contributed by atoms with Crippen molar-refractivity contribution in [2.24, 2.45) is 0 Å². The Kier molecular flexibility index (Phi) is 3.92. The van der Waals surface area contributed by atoms with Gasteiger partial charge in [-0.3, -0.25) is 4.79 Å². The highest BCUT2D eigenvalue weighted by atomic mass is 19.4. The summed E-state index contributed by atoms with van der Waals surface area (Å²) in [5.41, 5.74) is 1.80. The fourth-order valence-corrected chi connectivity index (χ4v) is 1.37.